The number of aromatic nitrogens is 5. The Hall–Kier alpha value is -3.10. The molecule has 0 spiro atoms. The van der Waals surface area contributed by atoms with Crippen LogP contribution in [0.3, 0.4) is 0 Å². The van der Waals surface area contributed by atoms with Crippen molar-refractivity contribution in [3.8, 4) is 5.82 Å². The van der Waals surface area contributed by atoms with Gasteiger partial charge in [0, 0.05) is 6.04 Å². The lowest BCUT2D eigenvalue weighted by Gasteiger charge is -2.10. The topological polar surface area (TPSA) is 112 Å². The van der Waals surface area contributed by atoms with E-state index in [1.165, 1.54) is 11.0 Å². The molecule has 3 rings (SSSR count). The smallest absolute Gasteiger partial charge is 0.355 e. The van der Waals surface area contributed by atoms with Gasteiger partial charge in [0.05, 0.1) is 10.4 Å². The number of nitrogens with zero attached hydrogens (tertiary/aromatic N) is 6. The van der Waals surface area contributed by atoms with E-state index in [0.717, 1.165) is 0 Å². The second kappa shape index (κ2) is 5.35. The number of nitro groups is 1. The molecule has 0 aliphatic carbocycles. The van der Waals surface area contributed by atoms with Gasteiger partial charge in [0.1, 0.15) is 11.8 Å². The highest BCUT2D eigenvalue weighted by Gasteiger charge is 2.26. The van der Waals surface area contributed by atoms with Crippen molar-refractivity contribution in [3.63, 3.8) is 0 Å². The number of hydrogen-bond acceptors (Lipinski definition) is 7. The summed E-state index contributed by atoms with van der Waals surface area (Å²) in [6, 6.07) is 7.17. The lowest BCUT2D eigenvalue weighted by molar-refractivity contribution is -0.384. The fourth-order valence-electron chi connectivity index (χ4n) is 2.10. The zero-order valence-electron chi connectivity index (χ0n) is 12.0. The molecular formula is C13H13N7O2. The molecule has 0 atom stereocenters. The second-order valence-electron chi connectivity index (χ2n) is 4.94. The first-order chi connectivity index (χ1) is 10.6. The third-order valence-electron chi connectivity index (χ3n) is 2.96. The Morgan fingerprint density at radius 2 is 2.05 bits per heavy atom. The summed E-state index contributed by atoms with van der Waals surface area (Å²) in [7, 11) is 0. The zero-order chi connectivity index (χ0) is 15.7. The predicted molar refractivity (Wildman–Crippen MR) is 79.9 cm³/mol. The average Bonchev–Trinajstić information content (AvgIpc) is 2.90. The van der Waals surface area contributed by atoms with Crippen molar-refractivity contribution in [2.24, 2.45) is 0 Å². The molecule has 0 unspecified atom stereocenters. The minimum atomic E-state index is -0.517. The molecule has 2 heterocycles. The normalized spacial score (nSPS) is 11.0. The van der Waals surface area contributed by atoms with Gasteiger partial charge in [-0.2, -0.15) is 4.68 Å². The largest absolute Gasteiger partial charge is 0.362 e. The number of nitrogens with one attached hydrogen (secondary N) is 1. The number of hydrogen-bond donors (Lipinski definition) is 1. The molecule has 22 heavy (non-hydrogen) atoms. The Labute approximate surface area is 125 Å². The van der Waals surface area contributed by atoms with Crippen LogP contribution in [0.5, 0.6) is 0 Å². The van der Waals surface area contributed by atoms with Crippen LogP contribution in [0.4, 0.5) is 11.5 Å². The van der Waals surface area contributed by atoms with Gasteiger partial charge >= 0.3 is 5.69 Å². The fourth-order valence-corrected chi connectivity index (χ4v) is 2.10. The van der Waals surface area contributed by atoms with Crippen molar-refractivity contribution < 1.29 is 4.92 Å². The van der Waals surface area contributed by atoms with E-state index in [1.807, 2.05) is 26.0 Å². The first-order valence-corrected chi connectivity index (χ1v) is 6.64. The minimum Gasteiger partial charge on any atom is -0.362 e. The van der Waals surface area contributed by atoms with Crippen LogP contribution >= 0.6 is 0 Å². The number of benzene rings is 1. The van der Waals surface area contributed by atoms with Crippen LogP contribution in [-0.4, -0.2) is 35.9 Å². The van der Waals surface area contributed by atoms with Gasteiger partial charge in [0.15, 0.2) is 0 Å². The van der Waals surface area contributed by atoms with Gasteiger partial charge < -0.3 is 5.32 Å². The molecule has 0 saturated carbocycles. The van der Waals surface area contributed by atoms with Crippen molar-refractivity contribution in [3.05, 3.63) is 40.7 Å². The number of fused-ring (bicyclic) bond motifs is 1. The molecule has 112 valence electrons. The molecule has 1 aromatic carbocycles. The molecule has 0 fully saturated rings. The molecule has 0 saturated heterocycles. The standard InChI is InChI=1S/C13H13N7O2/c1-8(2)16-12-11(20(21)22)13(15-7-14-12)19-10-6-4-3-5-9(10)17-18-19/h3-8H,1-2H3,(H,14,15,16). The maximum absolute atomic E-state index is 11.5. The van der Waals surface area contributed by atoms with E-state index in [9.17, 15) is 10.1 Å². The first-order valence-electron chi connectivity index (χ1n) is 6.64. The molecular weight excluding hydrogens is 286 g/mol. The lowest BCUT2D eigenvalue weighted by Crippen LogP contribution is -2.15. The maximum atomic E-state index is 11.5. The minimum absolute atomic E-state index is 0.00561. The van der Waals surface area contributed by atoms with E-state index in [0.29, 0.717) is 11.0 Å². The molecule has 0 bridgehead atoms. The van der Waals surface area contributed by atoms with Crippen LogP contribution in [0.1, 0.15) is 13.8 Å². The van der Waals surface area contributed by atoms with Crippen LogP contribution in [0, 0.1) is 10.1 Å². The highest BCUT2D eigenvalue weighted by molar-refractivity contribution is 5.77. The summed E-state index contributed by atoms with van der Waals surface area (Å²) in [5.74, 6) is 0.237. The summed E-state index contributed by atoms with van der Waals surface area (Å²) >= 11 is 0. The Kier molecular flexibility index (Phi) is 3.37. The molecule has 0 aliphatic heterocycles. The Morgan fingerprint density at radius 3 is 2.77 bits per heavy atom. The van der Waals surface area contributed by atoms with Crippen molar-refractivity contribution in [1.29, 1.82) is 0 Å². The summed E-state index contributed by atoms with van der Waals surface area (Å²) in [5.41, 5.74) is 1.04. The van der Waals surface area contributed by atoms with E-state index >= 15 is 0 Å². The van der Waals surface area contributed by atoms with Crippen molar-refractivity contribution in [1.82, 2.24) is 25.0 Å². The second-order valence-corrected chi connectivity index (χ2v) is 4.94. The van der Waals surface area contributed by atoms with E-state index in [4.69, 9.17) is 0 Å². The number of anilines is 1. The SMILES string of the molecule is CC(C)Nc1ncnc(-n2nnc3ccccc32)c1[N+](=O)[O-]. The lowest BCUT2D eigenvalue weighted by atomic mass is 10.3. The summed E-state index contributed by atoms with van der Waals surface area (Å²) in [5, 5.41) is 22.4. The summed E-state index contributed by atoms with van der Waals surface area (Å²) in [6.45, 7) is 3.74. The van der Waals surface area contributed by atoms with E-state index in [1.54, 1.807) is 12.1 Å². The van der Waals surface area contributed by atoms with Gasteiger partial charge in [0.2, 0.25) is 11.6 Å². The van der Waals surface area contributed by atoms with Crippen LogP contribution < -0.4 is 5.32 Å². The van der Waals surface area contributed by atoms with Gasteiger partial charge in [-0.15, -0.1) is 5.10 Å². The average molecular weight is 299 g/mol. The first kappa shape index (κ1) is 13.9. The molecule has 3 aromatic rings. The van der Waals surface area contributed by atoms with E-state index in [2.05, 4.69) is 25.6 Å². The van der Waals surface area contributed by atoms with Crippen molar-refractivity contribution in [2.75, 3.05) is 5.32 Å². The summed E-state index contributed by atoms with van der Waals surface area (Å²) in [4.78, 5) is 19.0. The Balaban J connectivity index is 2.24. The van der Waals surface area contributed by atoms with Crippen LogP contribution in [-0.2, 0) is 0 Å². The van der Waals surface area contributed by atoms with Crippen molar-refractivity contribution in [2.45, 2.75) is 19.9 Å². The Bertz CT molecular complexity index is 843. The zero-order valence-corrected chi connectivity index (χ0v) is 12.0. The number of para-hydroxylation sites is 1. The highest BCUT2D eigenvalue weighted by atomic mass is 16.6. The monoisotopic (exact) mass is 299 g/mol. The van der Waals surface area contributed by atoms with E-state index < -0.39 is 4.92 Å². The van der Waals surface area contributed by atoms with Gasteiger partial charge in [-0.25, -0.2) is 9.97 Å². The summed E-state index contributed by atoms with van der Waals surface area (Å²) < 4.78 is 1.35. The quantitative estimate of drug-likeness (QED) is 0.578. The third-order valence-corrected chi connectivity index (χ3v) is 2.96. The highest BCUT2D eigenvalue weighted by Crippen LogP contribution is 2.29. The van der Waals surface area contributed by atoms with Crippen LogP contribution in [0.2, 0.25) is 0 Å². The molecule has 9 heteroatoms. The molecule has 1 N–H and O–H groups in total. The van der Waals surface area contributed by atoms with E-state index in [-0.39, 0.29) is 23.4 Å². The fraction of sp³-hybridized carbons (Fsp3) is 0.231. The predicted octanol–water partition coefficient (Wildman–Crippen LogP) is 1.94. The molecule has 9 nitrogen and oxygen atoms in total. The van der Waals surface area contributed by atoms with Gasteiger partial charge in [-0.1, -0.05) is 17.3 Å². The van der Waals surface area contributed by atoms with Crippen LogP contribution in [0.25, 0.3) is 16.9 Å². The van der Waals surface area contributed by atoms with Gasteiger partial charge in [0.25, 0.3) is 0 Å². The third kappa shape index (κ3) is 2.32. The molecule has 0 aliphatic rings. The molecule has 0 amide bonds. The van der Waals surface area contributed by atoms with Crippen LogP contribution in [0.15, 0.2) is 30.6 Å². The maximum Gasteiger partial charge on any atom is 0.355 e. The summed E-state index contributed by atoms with van der Waals surface area (Å²) in [6.07, 6.45) is 1.27. The van der Waals surface area contributed by atoms with Crippen molar-refractivity contribution >= 4 is 22.5 Å². The Morgan fingerprint density at radius 1 is 1.27 bits per heavy atom. The molecule has 0 radical (unpaired) electrons. The number of rotatable bonds is 4. The van der Waals surface area contributed by atoms with Gasteiger partial charge in [-0.05, 0) is 26.0 Å². The molecule has 2 aromatic heterocycles. The van der Waals surface area contributed by atoms with Gasteiger partial charge in [-0.3, -0.25) is 10.1 Å².